The molecule has 1 aliphatic carbocycles. The maximum absolute atomic E-state index is 13.0. The number of aromatic nitrogens is 3. The number of rotatable bonds is 5. The van der Waals surface area contributed by atoms with Crippen LogP contribution >= 0.6 is 0 Å². The second-order valence-corrected chi connectivity index (χ2v) is 7.63. The van der Waals surface area contributed by atoms with Gasteiger partial charge >= 0.3 is 0 Å². The van der Waals surface area contributed by atoms with Gasteiger partial charge in [0.25, 0.3) is 11.8 Å². The van der Waals surface area contributed by atoms with E-state index in [1.54, 1.807) is 10.7 Å². The van der Waals surface area contributed by atoms with Crippen LogP contribution in [-0.4, -0.2) is 33.4 Å². The van der Waals surface area contributed by atoms with E-state index in [1.165, 1.54) is 0 Å². The molecule has 30 heavy (non-hydrogen) atoms. The van der Waals surface area contributed by atoms with Crippen molar-refractivity contribution in [3.63, 3.8) is 0 Å². The predicted molar refractivity (Wildman–Crippen MR) is 110 cm³/mol. The summed E-state index contributed by atoms with van der Waals surface area (Å²) in [5.41, 5.74) is 3.58. The maximum atomic E-state index is 13.0. The number of nitrogens with zero attached hydrogens (tertiary/aromatic N) is 3. The Morgan fingerprint density at radius 1 is 1.23 bits per heavy atom. The normalized spacial score (nSPS) is 16.2. The number of fused-ring (bicyclic) bond motifs is 1. The van der Waals surface area contributed by atoms with Crippen molar-refractivity contribution in [3.05, 3.63) is 65.5 Å². The Bertz CT molecular complexity index is 1120. The van der Waals surface area contributed by atoms with E-state index in [2.05, 4.69) is 20.9 Å². The van der Waals surface area contributed by atoms with Gasteiger partial charge < -0.3 is 15.4 Å². The minimum absolute atomic E-state index is 0.0135. The second kappa shape index (κ2) is 7.29. The molecule has 1 aromatic heterocycles. The highest BCUT2D eigenvalue weighted by molar-refractivity contribution is 5.96. The van der Waals surface area contributed by atoms with Gasteiger partial charge in [-0.3, -0.25) is 9.59 Å². The average molecular weight is 403 g/mol. The minimum atomic E-state index is -0.282. The van der Waals surface area contributed by atoms with Crippen LogP contribution in [0.2, 0.25) is 0 Å². The molecule has 8 nitrogen and oxygen atoms in total. The second-order valence-electron chi connectivity index (χ2n) is 7.63. The summed E-state index contributed by atoms with van der Waals surface area (Å²) in [5, 5.41) is 14.3. The van der Waals surface area contributed by atoms with Crippen LogP contribution in [0.4, 0.5) is 5.69 Å². The molecule has 2 N–H and O–H groups in total. The lowest BCUT2D eigenvalue weighted by Crippen LogP contribution is -2.29. The molecule has 152 valence electrons. The van der Waals surface area contributed by atoms with Crippen LogP contribution in [0.1, 0.15) is 53.5 Å². The molecular formula is C22H21N5O3. The topological polar surface area (TPSA) is 98.1 Å². The Morgan fingerprint density at radius 2 is 2.03 bits per heavy atom. The number of nitrogens with one attached hydrogen (secondary N) is 2. The molecule has 2 aromatic carbocycles. The molecule has 8 heteroatoms. The molecule has 0 bridgehead atoms. The molecule has 2 amide bonds. The zero-order valence-corrected chi connectivity index (χ0v) is 16.5. The van der Waals surface area contributed by atoms with Crippen LogP contribution in [0.5, 0.6) is 5.75 Å². The SMILES string of the molecule is CC(NC(=O)c1nnn(-c2ccccc2)c1C1CC1)c1ccc2c(c1)NC(=O)CO2. The molecule has 2 aliphatic rings. The highest BCUT2D eigenvalue weighted by Crippen LogP contribution is 2.42. The molecule has 1 saturated carbocycles. The molecule has 0 radical (unpaired) electrons. The molecule has 5 rings (SSSR count). The zero-order valence-electron chi connectivity index (χ0n) is 16.5. The summed E-state index contributed by atoms with van der Waals surface area (Å²) in [6.07, 6.45) is 2.06. The number of hydrogen-bond donors (Lipinski definition) is 2. The molecular weight excluding hydrogens is 382 g/mol. The van der Waals surface area contributed by atoms with Crippen LogP contribution < -0.4 is 15.4 Å². The van der Waals surface area contributed by atoms with Gasteiger partial charge in [-0.25, -0.2) is 4.68 Å². The van der Waals surface area contributed by atoms with Crippen LogP contribution in [0.25, 0.3) is 5.69 Å². The number of para-hydroxylation sites is 1. The highest BCUT2D eigenvalue weighted by Gasteiger charge is 2.34. The lowest BCUT2D eigenvalue weighted by atomic mass is 10.1. The fourth-order valence-electron chi connectivity index (χ4n) is 3.65. The van der Waals surface area contributed by atoms with E-state index >= 15 is 0 Å². The largest absolute Gasteiger partial charge is 0.482 e. The van der Waals surface area contributed by atoms with Crippen molar-refractivity contribution >= 4 is 17.5 Å². The lowest BCUT2D eigenvalue weighted by molar-refractivity contribution is -0.118. The summed E-state index contributed by atoms with van der Waals surface area (Å²) in [4.78, 5) is 24.6. The third-order valence-electron chi connectivity index (χ3n) is 5.37. The predicted octanol–water partition coefficient (Wildman–Crippen LogP) is 2.97. The third kappa shape index (κ3) is 3.41. The molecule has 3 aromatic rings. The van der Waals surface area contributed by atoms with Gasteiger partial charge in [0, 0.05) is 5.92 Å². The molecule has 0 saturated heterocycles. The van der Waals surface area contributed by atoms with Gasteiger partial charge in [-0.2, -0.15) is 0 Å². The van der Waals surface area contributed by atoms with Crippen molar-refractivity contribution in [1.82, 2.24) is 20.3 Å². The van der Waals surface area contributed by atoms with Crippen molar-refractivity contribution < 1.29 is 14.3 Å². The highest BCUT2D eigenvalue weighted by atomic mass is 16.5. The van der Waals surface area contributed by atoms with Gasteiger partial charge in [-0.1, -0.05) is 29.5 Å². The van der Waals surface area contributed by atoms with Gasteiger partial charge in [-0.15, -0.1) is 5.10 Å². The molecule has 2 heterocycles. The first-order chi connectivity index (χ1) is 14.6. The minimum Gasteiger partial charge on any atom is -0.482 e. The van der Waals surface area contributed by atoms with Gasteiger partial charge in [0.1, 0.15) is 5.75 Å². The Morgan fingerprint density at radius 3 is 2.80 bits per heavy atom. The van der Waals surface area contributed by atoms with Crippen molar-refractivity contribution in [2.24, 2.45) is 0 Å². The summed E-state index contributed by atoms with van der Waals surface area (Å²) >= 11 is 0. The van der Waals surface area contributed by atoms with E-state index < -0.39 is 0 Å². The van der Waals surface area contributed by atoms with E-state index in [4.69, 9.17) is 4.74 Å². The average Bonchev–Trinajstić information content (AvgIpc) is 3.51. The number of ether oxygens (including phenoxy) is 1. The van der Waals surface area contributed by atoms with Gasteiger partial charge in [0.15, 0.2) is 12.3 Å². The van der Waals surface area contributed by atoms with Crippen LogP contribution in [0.3, 0.4) is 0 Å². The Hall–Kier alpha value is -3.68. The fraction of sp³-hybridized carbons (Fsp3) is 0.273. The molecule has 1 unspecified atom stereocenters. The van der Waals surface area contributed by atoms with Crippen LogP contribution in [0.15, 0.2) is 48.5 Å². The Kier molecular flexibility index (Phi) is 4.46. The van der Waals surface area contributed by atoms with Gasteiger partial charge in [0.05, 0.1) is 23.1 Å². The summed E-state index contributed by atoms with van der Waals surface area (Å²) < 4.78 is 7.16. The maximum Gasteiger partial charge on any atom is 0.274 e. The summed E-state index contributed by atoms with van der Waals surface area (Å²) in [5.74, 6) is 0.471. The number of benzene rings is 2. The van der Waals surface area contributed by atoms with Gasteiger partial charge in [-0.05, 0) is 49.6 Å². The summed E-state index contributed by atoms with van der Waals surface area (Å²) in [7, 11) is 0. The van der Waals surface area contributed by atoms with Crippen molar-refractivity contribution in [2.45, 2.75) is 31.7 Å². The molecule has 1 fully saturated rings. The lowest BCUT2D eigenvalue weighted by Gasteiger charge is -2.20. The summed E-state index contributed by atoms with van der Waals surface area (Å²) in [6, 6.07) is 14.9. The van der Waals surface area contributed by atoms with E-state index in [-0.39, 0.29) is 24.5 Å². The number of anilines is 1. The molecule has 0 spiro atoms. The fourth-order valence-corrected chi connectivity index (χ4v) is 3.65. The van der Waals surface area contributed by atoms with Crippen LogP contribution in [-0.2, 0) is 4.79 Å². The first-order valence-corrected chi connectivity index (χ1v) is 9.98. The molecule has 1 aliphatic heterocycles. The number of carbonyl (C=O) groups excluding carboxylic acids is 2. The first-order valence-electron chi connectivity index (χ1n) is 9.98. The quantitative estimate of drug-likeness (QED) is 0.683. The van der Waals surface area contributed by atoms with E-state index in [1.807, 2.05) is 49.4 Å². The van der Waals surface area contributed by atoms with E-state index in [9.17, 15) is 9.59 Å². The Balaban J connectivity index is 1.39. The van der Waals surface area contributed by atoms with Gasteiger partial charge in [0.2, 0.25) is 0 Å². The Labute approximate surface area is 173 Å². The van der Waals surface area contributed by atoms with Crippen LogP contribution in [0, 0.1) is 0 Å². The third-order valence-corrected chi connectivity index (χ3v) is 5.37. The van der Waals surface area contributed by atoms with Crippen molar-refractivity contribution in [1.29, 1.82) is 0 Å². The smallest absolute Gasteiger partial charge is 0.274 e. The van der Waals surface area contributed by atoms with E-state index in [0.717, 1.165) is 29.8 Å². The number of carbonyl (C=O) groups is 2. The van der Waals surface area contributed by atoms with Crippen molar-refractivity contribution in [3.8, 4) is 11.4 Å². The van der Waals surface area contributed by atoms with E-state index in [0.29, 0.717) is 23.0 Å². The number of hydrogen-bond acceptors (Lipinski definition) is 5. The monoisotopic (exact) mass is 403 g/mol. The molecule has 1 atom stereocenters. The first kappa shape index (κ1) is 18.4. The van der Waals surface area contributed by atoms with Crippen molar-refractivity contribution in [2.75, 3.05) is 11.9 Å². The standard InChI is InChI=1S/C22H21N5O3/c1-13(15-9-10-18-17(11-15)24-19(28)12-30-18)23-22(29)20-21(14-7-8-14)27(26-25-20)16-5-3-2-4-6-16/h2-6,9-11,13-14H,7-8,12H2,1H3,(H,23,29)(H,24,28). The zero-order chi connectivity index (χ0) is 20.7. The number of amides is 2. The summed E-state index contributed by atoms with van der Waals surface area (Å²) in [6.45, 7) is 1.91.